The molecule has 1 aliphatic heterocycles. The summed E-state index contributed by atoms with van der Waals surface area (Å²) in [5.41, 5.74) is 2.96. The molecule has 2 fully saturated rings. The average molecular weight is 322 g/mol. The summed E-state index contributed by atoms with van der Waals surface area (Å²) in [6, 6.07) is 14.2. The molecule has 1 amide bonds. The van der Waals surface area contributed by atoms with E-state index in [9.17, 15) is 4.79 Å². The summed E-state index contributed by atoms with van der Waals surface area (Å²) in [7, 11) is 0. The van der Waals surface area contributed by atoms with Gasteiger partial charge in [0, 0.05) is 18.3 Å². The highest BCUT2D eigenvalue weighted by Gasteiger charge is 2.45. The highest BCUT2D eigenvalue weighted by atomic mass is 16.6. The molecule has 1 aliphatic carbocycles. The lowest BCUT2D eigenvalue weighted by molar-refractivity contribution is 0.0260. The van der Waals surface area contributed by atoms with E-state index < -0.39 is 0 Å². The van der Waals surface area contributed by atoms with Crippen molar-refractivity contribution in [3.8, 4) is 11.3 Å². The number of benzene rings is 1. The first-order chi connectivity index (χ1) is 11.7. The van der Waals surface area contributed by atoms with Crippen LogP contribution in [0.25, 0.3) is 11.3 Å². The molecule has 2 heterocycles. The minimum atomic E-state index is -0.219. The van der Waals surface area contributed by atoms with Gasteiger partial charge in [-0.3, -0.25) is 9.88 Å². The number of hydrogen-bond donors (Lipinski definition) is 0. The van der Waals surface area contributed by atoms with Crippen molar-refractivity contribution >= 4 is 6.09 Å². The number of hydrogen-bond acceptors (Lipinski definition) is 3. The summed E-state index contributed by atoms with van der Waals surface area (Å²) in [4.78, 5) is 18.4. The first kappa shape index (κ1) is 15.2. The van der Waals surface area contributed by atoms with Crippen molar-refractivity contribution in [1.29, 1.82) is 0 Å². The van der Waals surface area contributed by atoms with E-state index in [1.54, 1.807) is 6.20 Å². The molecule has 24 heavy (non-hydrogen) atoms. The van der Waals surface area contributed by atoms with Crippen molar-refractivity contribution in [2.24, 2.45) is 0 Å². The second kappa shape index (κ2) is 6.27. The molecule has 0 N–H and O–H groups in total. The molecule has 1 spiro atoms. The van der Waals surface area contributed by atoms with Crippen LogP contribution in [0.5, 0.6) is 0 Å². The first-order valence-electron chi connectivity index (χ1n) is 8.72. The molecule has 0 unspecified atom stereocenters. The van der Waals surface area contributed by atoms with E-state index in [1.165, 1.54) is 19.3 Å². The normalized spacial score (nSPS) is 19.5. The molecule has 0 atom stereocenters. The third-order valence-electron chi connectivity index (χ3n) is 5.09. The number of ether oxygens (including phenoxy) is 1. The Labute approximate surface area is 142 Å². The molecule has 4 nitrogen and oxygen atoms in total. The Hall–Kier alpha value is -2.36. The molecular weight excluding hydrogens is 300 g/mol. The third-order valence-corrected chi connectivity index (χ3v) is 5.09. The van der Waals surface area contributed by atoms with Crippen LogP contribution in [0.15, 0.2) is 48.7 Å². The van der Waals surface area contributed by atoms with E-state index in [4.69, 9.17) is 4.74 Å². The first-order valence-corrected chi connectivity index (χ1v) is 8.72. The van der Waals surface area contributed by atoms with Gasteiger partial charge in [0.05, 0.1) is 12.2 Å². The number of carbonyl (C=O) groups is 1. The number of carbonyl (C=O) groups excluding carboxylic acids is 1. The maximum Gasteiger partial charge on any atom is 0.410 e. The molecule has 1 saturated heterocycles. The zero-order chi connectivity index (χ0) is 16.4. The Morgan fingerprint density at radius 3 is 2.54 bits per heavy atom. The predicted molar refractivity (Wildman–Crippen MR) is 92.4 cm³/mol. The van der Waals surface area contributed by atoms with Crippen LogP contribution in [-0.2, 0) is 11.3 Å². The van der Waals surface area contributed by atoms with E-state index in [2.05, 4.69) is 29.2 Å². The van der Waals surface area contributed by atoms with E-state index in [0.717, 1.165) is 36.2 Å². The molecule has 2 aromatic rings. The van der Waals surface area contributed by atoms with Gasteiger partial charge in [-0.2, -0.15) is 0 Å². The molecule has 0 bridgehead atoms. The van der Waals surface area contributed by atoms with Crippen molar-refractivity contribution in [2.45, 2.75) is 44.2 Å². The Kier molecular flexibility index (Phi) is 3.97. The fourth-order valence-electron chi connectivity index (χ4n) is 3.81. The van der Waals surface area contributed by atoms with Gasteiger partial charge in [-0.1, -0.05) is 36.8 Å². The smallest absolute Gasteiger partial charge is 0.410 e. The fourth-order valence-corrected chi connectivity index (χ4v) is 3.81. The number of pyridine rings is 1. The zero-order valence-electron chi connectivity index (χ0n) is 13.8. The summed E-state index contributed by atoms with van der Waals surface area (Å²) in [6.45, 7) is 1.34. The van der Waals surface area contributed by atoms with Gasteiger partial charge >= 0.3 is 6.09 Å². The molecule has 4 rings (SSSR count). The van der Waals surface area contributed by atoms with E-state index >= 15 is 0 Å². The summed E-state index contributed by atoms with van der Waals surface area (Å²) >= 11 is 0. The minimum Gasteiger partial charge on any atom is -0.441 e. The maximum atomic E-state index is 12.2. The largest absolute Gasteiger partial charge is 0.441 e. The highest BCUT2D eigenvalue weighted by molar-refractivity contribution is 5.71. The molecule has 1 aromatic carbocycles. The summed E-state index contributed by atoms with van der Waals surface area (Å²) in [5, 5.41) is 0. The van der Waals surface area contributed by atoms with Crippen molar-refractivity contribution in [2.75, 3.05) is 6.54 Å². The van der Waals surface area contributed by atoms with Gasteiger partial charge in [0.15, 0.2) is 0 Å². The maximum absolute atomic E-state index is 12.2. The number of rotatable bonds is 3. The fraction of sp³-hybridized carbons (Fsp3) is 0.400. The van der Waals surface area contributed by atoms with Gasteiger partial charge in [0.1, 0.15) is 5.60 Å². The van der Waals surface area contributed by atoms with Crippen molar-refractivity contribution < 1.29 is 9.53 Å². The Morgan fingerprint density at radius 2 is 1.83 bits per heavy atom. The molecular formula is C20H22N2O2. The van der Waals surface area contributed by atoms with Gasteiger partial charge in [-0.25, -0.2) is 4.79 Å². The minimum absolute atomic E-state index is 0.161. The number of aromatic nitrogens is 1. The van der Waals surface area contributed by atoms with Crippen LogP contribution < -0.4 is 0 Å². The highest BCUT2D eigenvalue weighted by Crippen LogP contribution is 2.37. The Morgan fingerprint density at radius 1 is 1.04 bits per heavy atom. The monoisotopic (exact) mass is 322 g/mol. The molecule has 4 heteroatoms. The topological polar surface area (TPSA) is 42.4 Å². The van der Waals surface area contributed by atoms with Crippen LogP contribution in [-0.4, -0.2) is 28.1 Å². The van der Waals surface area contributed by atoms with E-state index in [1.807, 2.05) is 23.1 Å². The van der Waals surface area contributed by atoms with Gasteiger partial charge in [-0.05, 0) is 43.4 Å². The summed E-state index contributed by atoms with van der Waals surface area (Å²) < 4.78 is 5.74. The van der Waals surface area contributed by atoms with Crippen molar-refractivity contribution in [3.05, 3.63) is 54.2 Å². The van der Waals surface area contributed by atoms with Crippen LogP contribution in [0.1, 0.15) is 37.7 Å². The Bertz CT molecular complexity index is 706. The van der Waals surface area contributed by atoms with Gasteiger partial charge < -0.3 is 4.74 Å². The van der Waals surface area contributed by atoms with Gasteiger partial charge in [-0.15, -0.1) is 0 Å². The van der Waals surface area contributed by atoms with Crippen LogP contribution in [0.3, 0.4) is 0 Å². The zero-order valence-corrected chi connectivity index (χ0v) is 13.8. The third kappa shape index (κ3) is 3.01. The average Bonchev–Trinajstić information content (AvgIpc) is 2.91. The summed E-state index contributed by atoms with van der Waals surface area (Å²) in [5.74, 6) is 0. The second-order valence-electron chi connectivity index (χ2n) is 6.88. The second-order valence-corrected chi connectivity index (χ2v) is 6.88. The predicted octanol–water partition coefficient (Wildman–Crippen LogP) is 4.40. The van der Waals surface area contributed by atoms with Crippen molar-refractivity contribution in [1.82, 2.24) is 9.88 Å². The van der Waals surface area contributed by atoms with Gasteiger partial charge in [0.2, 0.25) is 0 Å². The van der Waals surface area contributed by atoms with E-state index in [-0.39, 0.29) is 11.7 Å². The standard InChI is InChI=1S/C20H22N2O2/c23-19-22(15-20(24-19)11-3-1-4-12-20)14-16-7-9-17(10-8-16)18-6-2-5-13-21-18/h2,5-10,13H,1,3-4,11-12,14-15H2. The lowest BCUT2D eigenvalue weighted by Gasteiger charge is -2.30. The molecule has 1 aromatic heterocycles. The Balaban J connectivity index is 1.45. The number of amides is 1. The molecule has 0 radical (unpaired) electrons. The lowest BCUT2D eigenvalue weighted by atomic mass is 9.85. The quantitative estimate of drug-likeness (QED) is 0.841. The lowest BCUT2D eigenvalue weighted by Crippen LogP contribution is -2.36. The van der Waals surface area contributed by atoms with Crippen LogP contribution in [0, 0.1) is 0 Å². The number of nitrogens with zero attached hydrogens (tertiary/aromatic N) is 2. The van der Waals surface area contributed by atoms with Crippen LogP contribution in [0.4, 0.5) is 4.79 Å². The SMILES string of the molecule is O=C1OC2(CCCCC2)CN1Cc1ccc(-c2ccccn2)cc1. The van der Waals surface area contributed by atoms with Crippen molar-refractivity contribution in [3.63, 3.8) is 0 Å². The molecule has 1 saturated carbocycles. The van der Waals surface area contributed by atoms with Crippen LogP contribution >= 0.6 is 0 Å². The van der Waals surface area contributed by atoms with Gasteiger partial charge in [0.25, 0.3) is 0 Å². The van der Waals surface area contributed by atoms with E-state index in [0.29, 0.717) is 6.54 Å². The molecule has 2 aliphatic rings. The molecule has 124 valence electrons. The summed E-state index contributed by atoms with van der Waals surface area (Å²) in [6.07, 6.45) is 7.24. The van der Waals surface area contributed by atoms with Crippen LogP contribution in [0.2, 0.25) is 0 Å².